The van der Waals surface area contributed by atoms with Crippen LogP contribution in [0.5, 0.6) is 0 Å². The fourth-order valence-electron chi connectivity index (χ4n) is 4.97. The van der Waals surface area contributed by atoms with Gasteiger partial charge in [-0.15, -0.1) is 0 Å². The standard InChI is InChI=1S/C27H23N5O4/c33-22-12-11-20(26(35)29-22)32-15-18-14-17(9-10-19(18)27(32)36)23-24(31-13-5-4-8-21(31)28-23)30-25(34)16-6-2-1-3-7-16/h1-10,13-14,20,27,36H,11-12,15H2,(H,30,34)(H,29,33,35). The number of piperidine rings is 1. The Labute approximate surface area is 206 Å². The molecule has 2 aromatic heterocycles. The van der Waals surface area contributed by atoms with Gasteiger partial charge in [0.25, 0.3) is 5.91 Å². The summed E-state index contributed by atoms with van der Waals surface area (Å²) in [5.41, 5.74) is 4.16. The van der Waals surface area contributed by atoms with Crippen LogP contribution in [0.15, 0.2) is 72.9 Å². The van der Waals surface area contributed by atoms with E-state index in [0.29, 0.717) is 41.3 Å². The highest BCUT2D eigenvalue weighted by Gasteiger charge is 2.39. The third-order valence-corrected chi connectivity index (χ3v) is 6.77. The third-order valence-electron chi connectivity index (χ3n) is 6.77. The fourth-order valence-corrected chi connectivity index (χ4v) is 4.97. The predicted octanol–water partition coefficient (Wildman–Crippen LogP) is 2.87. The Kier molecular flexibility index (Phi) is 5.36. The number of imidazole rings is 1. The Balaban J connectivity index is 1.35. The van der Waals surface area contributed by atoms with Crippen LogP contribution in [0, 0.1) is 0 Å². The molecule has 2 aliphatic rings. The first kappa shape index (κ1) is 22.1. The molecule has 4 heterocycles. The van der Waals surface area contributed by atoms with Crippen molar-refractivity contribution in [2.75, 3.05) is 5.32 Å². The van der Waals surface area contributed by atoms with E-state index in [4.69, 9.17) is 4.98 Å². The smallest absolute Gasteiger partial charge is 0.256 e. The van der Waals surface area contributed by atoms with Crippen molar-refractivity contribution < 1.29 is 19.5 Å². The lowest BCUT2D eigenvalue weighted by atomic mass is 10.0. The summed E-state index contributed by atoms with van der Waals surface area (Å²) in [6.45, 7) is 0.357. The van der Waals surface area contributed by atoms with Crippen LogP contribution in [-0.4, -0.2) is 43.2 Å². The van der Waals surface area contributed by atoms with Gasteiger partial charge in [0.1, 0.15) is 23.4 Å². The van der Waals surface area contributed by atoms with Gasteiger partial charge in [-0.2, -0.15) is 0 Å². The van der Waals surface area contributed by atoms with Crippen LogP contribution < -0.4 is 10.6 Å². The van der Waals surface area contributed by atoms with E-state index in [1.807, 2.05) is 65.2 Å². The molecule has 3 amide bonds. The number of hydrogen-bond acceptors (Lipinski definition) is 6. The van der Waals surface area contributed by atoms with Crippen LogP contribution in [0.1, 0.15) is 40.6 Å². The summed E-state index contributed by atoms with van der Waals surface area (Å²) in [6, 6.07) is 19.6. The Bertz CT molecular complexity index is 1510. The number of pyridine rings is 1. The third kappa shape index (κ3) is 3.74. The number of imide groups is 1. The predicted molar refractivity (Wildman–Crippen MR) is 132 cm³/mol. The minimum atomic E-state index is -0.948. The summed E-state index contributed by atoms with van der Waals surface area (Å²) in [5, 5.41) is 16.3. The molecule has 0 aliphatic carbocycles. The van der Waals surface area contributed by atoms with Crippen molar-refractivity contribution in [1.82, 2.24) is 19.6 Å². The number of aliphatic hydroxyl groups excluding tert-OH is 1. The average Bonchev–Trinajstić information content (AvgIpc) is 3.42. The number of carbonyl (C=O) groups is 3. The zero-order valence-corrected chi connectivity index (χ0v) is 19.2. The quantitative estimate of drug-likeness (QED) is 0.386. The van der Waals surface area contributed by atoms with Crippen LogP contribution in [0.3, 0.4) is 0 Å². The Morgan fingerprint density at radius 2 is 1.86 bits per heavy atom. The number of benzene rings is 2. The fraction of sp³-hybridized carbons (Fsp3) is 0.185. The van der Waals surface area contributed by atoms with Crippen LogP contribution in [0.25, 0.3) is 16.9 Å². The molecule has 9 nitrogen and oxygen atoms in total. The van der Waals surface area contributed by atoms with Gasteiger partial charge in [0.2, 0.25) is 11.8 Å². The number of rotatable bonds is 4. The minimum absolute atomic E-state index is 0.243. The molecule has 6 rings (SSSR count). The van der Waals surface area contributed by atoms with Gasteiger partial charge in [-0.25, -0.2) is 4.98 Å². The second-order valence-electron chi connectivity index (χ2n) is 8.98. The number of nitrogens with zero attached hydrogens (tertiary/aromatic N) is 3. The number of carbonyl (C=O) groups excluding carboxylic acids is 3. The first-order valence-corrected chi connectivity index (χ1v) is 11.7. The normalized spacial score (nSPS) is 19.8. The molecule has 9 heteroatoms. The van der Waals surface area contributed by atoms with Gasteiger partial charge < -0.3 is 10.4 Å². The van der Waals surface area contributed by atoms with E-state index in [9.17, 15) is 19.5 Å². The highest BCUT2D eigenvalue weighted by atomic mass is 16.3. The van der Waals surface area contributed by atoms with Crippen molar-refractivity contribution in [3.63, 3.8) is 0 Å². The number of aliphatic hydroxyl groups is 1. The maximum atomic E-state index is 13.0. The largest absolute Gasteiger partial charge is 0.374 e. The number of anilines is 1. The van der Waals surface area contributed by atoms with Crippen molar-refractivity contribution >= 4 is 29.2 Å². The van der Waals surface area contributed by atoms with Crippen LogP contribution in [0.2, 0.25) is 0 Å². The minimum Gasteiger partial charge on any atom is -0.374 e. The van der Waals surface area contributed by atoms with Crippen molar-refractivity contribution in [3.8, 4) is 11.3 Å². The molecule has 0 saturated carbocycles. The van der Waals surface area contributed by atoms with Crippen LogP contribution >= 0.6 is 0 Å². The number of aromatic nitrogens is 2. The maximum absolute atomic E-state index is 13.0. The molecule has 1 saturated heterocycles. The Morgan fingerprint density at radius 1 is 1.06 bits per heavy atom. The van der Waals surface area contributed by atoms with Gasteiger partial charge in [-0.05, 0) is 47.9 Å². The molecule has 2 unspecified atom stereocenters. The highest BCUT2D eigenvalue weighted by molar-refractivity contribution is 6.05. The van der Waals surface area contributed by atoms with Gasteiger partial charge >= 0.3 is 0 Å². The summed E-state index contributed by atoms with van der Waals surface area (Å²) in [4.78, 5) is 43.4. The van der Waals surface area contributed by atoms with Gasteiger partial charge in [-0.1, -0.05) is 36.4 Å². The van der Waals surface area contributed by atoms with E-state index in [2.05, 4.69) is 10.6 Å². The van der Waals surface area contributed by atoms with E-state index in [0.717, 1.165) is 11.1 Å². The maximum Gasteiger partial charge on any atom is 0.256 e. The summed E-state index contributed by atoms with van der Waals surface area (Å²) < 4.78 is 1.83. The number of amides is 3. The molecule has 36 heavy (non-hydrogen) atoms. The Hall–Kier alpha value is -4.34. The Morgan fingerprint density at radius 3 is 2.67 bits per heavy atom. The second-order valence-corrected chi connectivity index (χ2v) is 8.98. The van der Waals surface area contributed by atoms with E-state index >= 15 is 0 Å². The molecule has 4 aromatic rings. The molecule has 0 spiro atoms. The summed E-state index contributed by atoms with van der Waals surface area (Å²) >= 11 is 0. The van der Waals surface area contributed by atoms with Crippen molar-refractivity contribution in [1.29, 1.82) is 0 Å². The first-order chi connectivity index (χ1) is 17.5. The molecule has 2 aromatic carbocycles. The van der Waals surface area contributed by atoms with E-state index in [1.165, 1.54) is 0 Å². The summed E-state index contributed by atoms with van der Waals surface area (Å²) in [6.07, 6.45) is 1.50. The van der Waals surface area contributed by atoms with Gasteiger partial charge in [-0.3, -0.25) is 29.0 Å². The molecule has 2 aliphatic heterocycles. The molecule has 2 atom stereocenters. The number of hydrogen-bond donors (Lipinski definition) is 3. The molecular weight excluding hydrogens is 458 g/mol. The molecule has 0 bridgehead atoms. The lowest BCUT2D eigenvalue weighted by molar-refractivity contribution is -0.141. The first-order valence-electron chi connectivity index (χ1n) is 11.7. The topological polar surface area (TPSA) is 116 Å². The van der Waals surface area contributed by atoms with Crippen molar-refractivity contribution in [3.05, 3.63) is 89.6 Å². The van der Waals surface area contributed by atoms with E-state index in [1.54, 1.807) is 17.0 Å². The lowest BCUT2D eigenvalue weighted by Gasteiger charge is -2.31. The summed E-state index contributed by atoms with van der Waals surface area (Å²) in [5.74, 6) is -0.380. The second kappa shape index (κ2) is 8.71. The number of nitrogens with one attached hydrogen (secondary N) is 2. The molecular formula is C27H23N5O4. The number of fused-ring (bicyclic) bond motifs is 2. The van der Waals surface area contributed by atoms with E-state index < -0.39 is 12.3 Å². The average molecular weight is 482 g/mol. The van der Waals surface area contributed by atoms with Crippen LogP contribution in [0.4, 0.5) is 5.82 Å². The van der Waals surface area contributed by atoms with Gasteiger partial charge in [0.05, 0.1) is 6.04 Å². The van der Waals surface area contributed by atoms with Crippen molar-refractivity contribution in [2.24, 2.45) is 0 Å². The SMILES string of the molecule is O=C1CCC(N2Cc3cc(-c4nc5ccccn5c4NC(=O)c4ccccc4)ccc3C2O)C(=O)N1. The van der Waals surface area contributed by atoms with Gasteiger partial charge in [0, 0.05) is 30.3 Å². The zero-order chi connectivity index (χ0) is 24.8. The molecule has 3 N–H and O–H groups in total. The monoisotopic (exact) mass is 481 g/mol. The van der Waals surface area contributed by atoms with Crippen molar-refractivity contribution in [2.45, 2.75) is 31.7 Å². The molecule has 1 fully saturated rings. The highest BCUT2D eigenvalue weighted by Crippen LogP contribution is 2.38. The lowest BCUT2D eigenvalue weighted by Crippen LogP contribution is -2.51. The molecule has 0 radical (unpaired) electrons. The van der Waals surface area contributed by atoms with E-state index in [-0.39, 0.29) is 24.1 Å². The summed E-state index contributed by atoms with van der Waals surface area (Å²) in [7, 11) is 0. The van der Waals surface area contributed by atoms with Gasteiger partial charge in [0.15, 0.2) is 0 Å². The van der Waals surface area contributed by atoms with Crippen LogP contribution in [-0.2, 0) is 16.1 Å². The molecule has 180 valence electrons. The zero-order valence-electron chi connectivity index (χ0n) is 19.2.